The molecule has 116 valence electrons. The number of fused-ring (bicyclic) bond motifs is 1. The monoisotopic (exact) mass is 306 g/mol. The molecule has 2 aromatic carbocycles. The number of anilines is 1. The molecule has 0 aliphatic heterocycles. The smallest absolute Gasteiger partial charge is 0.168 e. The SMILES string of the molecule is COc1ccc(/C(C)=N/Nc2nc3ccccc3nc2C)cc1. The van der Waals surface area contributed by atoms with Gasteiger partial charge in [-0.05, 0) is 55.8 Å². The van der Waals surface area contributed by atoms with Gasteiger partial charge in [0.1, 0.15) is 5.75 Å². The average molecular weight is 306 g/mol. The molecule has 0 amide bonds. The number of nitrogens with one attached hydrogen (secondary N) is 1. The third-order valence-corrected chi connectivity index (χ3v) is 3.58. The van der Waals surface area contributed by atoms with E-state index < -0.39 is 0 Å². The summed E-state index contributed by atoms with van der Waals surface area (Å²) < 4.78 is 5.16. The van der Waals surface area contributed by atoms with Crippen LogP contribution in [-0.2, 0) is 0 Å². The molecular formula is C18H18N4O. The second kappa shape index (κ2) is 6.44. The van der Waals surface area contributed by atoms with Crippen molar-refractivity contribution in [2.75, 3.05) is 12.5 Å². The van der Waals surface area contributed by atoms with Gasteiger partial charge in [-0.15, -0.1) is 0 Å². The van der Waals surface area contributed by atoms with Crippen LogP contribution in [0.4, 0.5) is 5.82 Å². The Hall–Kier alpha value is -2.95. The predicted molar refractivity (Wildman–Crippen MR) is 93.1 cm³/mol. The number of hydrogen-bond donors (Lipinski definition) is 1. The largest absolute Gasteiger partial charge is 0.497 e. The molecule has 5 nitrogen and oxygen atoms in total. The Morgan fingerprint density at radius 2 is 1.65 bits per heavy atom. The summed E-state index contributed by atoms with van der Waals surface area (Å²) in [5.74, 6) is 1.49. The van der Waals surface area contributed by atoms with E-state index in [0.29, 0.717) is 5.82 Å². The molecule has 3 rings (SSSR count). The number of hydrogen-bond acceptors (Lipinski definition) is 5. The molecule has 1 aromatic heterocycles. The highest BCUT2D eigenvalue weighted by Crippen LogP contribution is 2.16. The molecule has 3 aromatic rings. The van der Waals surface area contributed by atoms with Gasteiger partial charge in [-0.25, -0.2) is 9.97 Å². The molecule has 0 saturated carbocycles. The van der Waals surface area contributed by atoms with E-state index in [0.717, 1.165) is 33.8 Å². The van der Waals surface area contributed by atoms with Crippen LogP contribution >= 0.6 is 0 Å². The van der Waals surface area contributed by atoms with Gasteiger partial charge in [-0.1, -0.05) is 12.1 Å². The Bertz CT molecular complexity index is 857. The molecule has 0 bridgehead atoms. The van der Waals surface area contributed by atoms with Gasteiger partial charge in [-0.2, -0.15) is 5.10 Å². The topological polar surface area (TPSA) is 59.4 Å². The number of para-hydroxylation sites is 2. The maximum absolute atomic E-state index is 5.16. The number of nitrogens with zero attached hydrogens (tertiary/aromatic N) is 3. The highest BCUT2D eigenvalue weighted by molar-refractivity contribution is 5.99. The first-order valence-corrected chi connectivity index (χ1v) is 7.35. The summed E-state index contributed by atoms with van der Waals surface area (Å²) in [6.45, 7) is 3.86. The molecule has 0 aliphatic rings. The molecule has 1 heterocycles. The van der Waals surface area contributed by atoms with Gasteiger partial charge in [0.05, 0.1) is 29.5 Å². The fraction of sp³-hybridized carbons (Fsp3) is 0.167. The van der Waals surface area contributed by atoms with Crippen LogP contribution in [0.3, 0.4) is 0 Å². The van der Waals surface area contributed by atoms with E-state index >= 15 is 0 Å². The van der Waals surface area contributed by atoms with Crippen molar-refractivity contribution in [1.29, 1.82) is 0 Å². The predicted octanol–water partition coefficient (Wildman–Crippen LogP) is 3.78. The zero-order valence-corrected chi connectivity index (χ0v) is 13.4. The number of aryl methyl sites for hydroxylation is 1. The summed E-state index contributed by atoms with van der Waals surface area (Å²) in [5.41, 5.74) is 7.44. The summed E-state index contributed by atoms with van der Waals surface area (Å²) in [7, 11) is 1.65. The van der Waals surface area contributed by atoms with Gasteiger partial charge in [0, 0.05) is 0 Å². The quantitative estimate of drug-likeness (QED) is 0.588. The minimum absolute atomic E-state index is 0.663. The van der Waals surface area contributed by atoms with Crippen LogP contribution in [0.15, 0.2) is 53.6 Å². The summed E-state index contributed by atoms with van der Waals surface area (Å²) in [4.78, 5) is 9.11. The molecular weight excluding hydrogens is 288 g/mol. The highest BCUT2D eigenvalue weighted by Gasteiger charge is 2.04. The molecule has 23 heavy (non-hydrogen) atoms. The first-order valence-electron chi connectivity index (χ1n) is 7.35. The third-order valence-electron chi connectivity index (χ3n) is 3.58. The number of rotatable bonds is 4. The van der Waals surface area contributed by atoms with E-state index in [-0.39, 0.29) is 0 Å². The van der Waals surface area contributed by atoms with Crippen molar-refractivity contribution in [1.82, 2.24) is 9.97 Å². The van der Waals surface area contributed by atoms with Gasteiger partial charge in [0.15, 0.2) is 5.82 Å². The van der Waals surface area contributed by atoms with Crippen LogP contribution in [0.25, 0.3) is 11.0 Å². The van der Waals surface area contributed by atoms with Crippen molar-refractivity contribution >= 4 is 22.6 Å². The normalized spacial score (nSPS) is 11.5. The lowest BCUT2D eigenvalue weighted by Gasteiger charge is -2.07. The second-order valence-corrected chi connectivity index (χ2v) is 5.18. The van der Waals surface area contributed by atoms with Crippen LogP contribution in [-0.4, -0.2) is 22.8 Å². The fourth-order valence-electron chi connectivity index (χ4n) is 2.23. The van der Waals surface area contributed by atoms with Crippen molar-refractivity contribution in [2.45, 2.75) is 13.8 Å². The third kappa shape index (κ3) is 3.29. The Morgan fingerprint density at radius 1 is 1.00 bits per heavy atom. The second-order valence-electron chi connectivity index (χ2n) is 5.18. The van der Waals surface area contributed by atoms with Gasteiger partial charge < -0.3 is 4.74 Å². The highest BCUT2D eigenvalue weighted by atomic mass is 16.5. The molecule has 1 N–H and O–H groups in total. The number of ether oxygens (including phenoxy) is 1. The maximum Gasteiger partial charge on any atom is 0.168 e. The zero-order valence-electron chi connectivity index (χ0n) is 13.4. The first-order chi connectivity index (χ1) is 11.2. The molecule has 0 aliphatic carbocycles. The van der Waals surface area contributed by atoms with Crippen molar-refractivity contribution in [2.24, 2.45) is 5.10 Å². The average Bonchev–Trinajstić information content (AvgIpc) is 2.59. The van der Waals surface area contributed by atoms with Crippen molar-refractivity contribution in [3.8, 4) is 5.75 Å². The van der Waals surface area contributed by atoms with E-state index in [4.69, 9.17) is 4.74 Å². The number of methoxy groups -OCH3 is 1. The van der Waals surface area contributed by atoms with Gasteiger partial charge in [0.2, 0.25) is 0 Å². The van der Waals surface area contributed by atoms with E-state index in [1.165, 1.54) is 0 Å². The summed E-state index contributed by atoms with van der Waals surface area (Å²) >= 11 is 0. The molecule has 0 saturated heterocycles. The lowest BCUT2D eigenvalue weighted by atomic mass is 10.1. The number of hydrazone groups is 1. The Labute approximate surface area is 135 Å². The number of aromatic nitrogens is 2. The van der Waals surface area contributed by atoms with E-state index in [1.807, 2.05) is 62.4 Å². The van der Waals surface area contributed by atoms with E-state index in [9.17, 15) is 0 Å². The lowest BCUT2D eigenvalue weighted by Crippen LogP contribution is -2.03. The van der Waals surface area contributed by atoms with Crippen molar-refractivity contribution in [3.63, 3.8) is 0 Å². The Kier molecular flexibility index (Phi) is 4.19. The summed E-state index contributed by atoms with van der Waals surface area (Å²) in [6.07, 6.45) is 0. The molecule has 0 atom stereocenters. The van der Waals surface area contributed by atoms with E-state index in [2.05, 4.69) is 20.5 Å². The van der Waals surface area contributed by atoms with Crippen LogP contribution in [0.5, 0.6) is 5.75 Å². The fourth-order valence-corrected chi connectivity index (χ4v) is 2.23. The van der Waals surface area contributed by atoms with E-state index in [1.54, 1.807) is 7.11 Å². The van der Waals surface area contributed by atoms with Crippen LogP contribution in [0, 0.1) is 6.92 Å². The number of benzene rings is 2. The minimum atomic E-state index is 0.663. The first kappa shape index (κ1) is 15.0. The van der Waals surface area contributed by atoms with Crippen LogP contribution in [0.1, 0.15) is 18.2 Å². The zero-order chi connectivity index (χ0) is 16.2. The molecule has 0 spiro atoms. The standard InChI is InChI=1S/C18H18N4O/c1-12(14-8-10-15(23-3)11-9-14)21-22-18-13(2)19-16-6-4-5-7-17(16)20-18/h4-11H,1-3H3,(H,20,22)/b21-12+. The summed E-state index contributed by atoms with van der Waals surface area (Å²) in [6, 6.07) is 15.6. The van der Waals surface area contributed by atoms with Gasteiger partial charge in [0.25, 0.3) is 0 Å². The molecule has 5 heteroatoms. The molecule has 0 radical (unpaired) electrons. The van der Waals surface area contributed by atoms with Gasteiger partial charge >= 0.3 is 0 Å². The lowest BCUT2D eigenvalue weighted by molar-refractivity contribution is 0.415. The van der Waals surface area contributed by atoms with Crippen LogP contribution < -0.4 is 10.2 Å². The molecule has 0 unspecified atom stereocenters. The minimum Gasteiger partial charge on any atom is -0.497 e. The van der Waals surface area contributed by atoms with Crippen LogP contribution in [0.2, 0.25) is 0 Å². The Balaban J connectivity index is 1.84. The van der Waals surface area contributed by atoms with Crippen molar-refractivity contribution < 1.29 is 4.74 Å². The summed E-state index contributed by atoms with van der Waals surface area (Å²) in [5, 5.41) is 4.41. The Morgan fingerprint density at radius 3 is 2.30 bits per heavy atom. The van der Waals surface area contributed by atoms with Crippen molar-refractivity contribution in [3.05, 3.63) is 59.8 Å². The van der Waals surface area contributed by atoms with Gasteiger partial charge in [-0.3, -0.25) is 5.43 Å². The molecule has 0 fully saturated rings. The maximum atomic E-state index is 5.16.